The van der Waals surface area contributed by atoms with Crippen LogP contribution in [-0.4, -0.2) is 53.2 Å². The topological polar surface area (TPSA) is 73.3 Å². The summed E-state index contributed by atoms with van der Waals surface area (Å²) in [6.45, 7) is 5.41. The van der Waals surface area contributed by atoms with Crippen LogP contribution < -0.4 is 24.8 Å². The van der Waals surface area contributed by atoms with E-state index in [0.29, 0.717) is 0 Å². The molecule has 0 amide bonds. The summed E-state index contributed by atoms with van der Waals surface area (Å²) < 4.78 is 22.3. The monoisotopic (exact) mass is 567 g/mol. The molecule has 2 aliphatic rings. The van der Waals surface area contributed by atoms with Gasteiger partial charge in [0.2, 0.25) is 6.79 Å². The number of fused-ring (bicyclic) bond motifs is 1. The van der Waals surface area contributed by atoms with E-state index in [-0.39, 0.29) is 36.2 Å². The molecule has 0 saturated carbocycles. The summed E-state index contributed by atoms with van der Waals surface area (Å²) in [4.78, 5) is 4.43. The maximum Gasteiger partial charge on any atom is 0.231 e. The average Bonchev–Trinajstić information content (AvgIpc) is 3.30. The van der Waals surface area contributed by atoms with Gasteiger partial charge in [0.15, 0.2) is 17.5 Å². The van der Waals surface area contributed by atoms with E-state index in [0.717, 1.165) is 68.8 Å². The number of benzene rings is 2. The van der Waals surface area contributed by atoms with Crippen LogP contribution in [0.3, 0.4) is 0 Å². The number of guanidine groups is 1. The third-order valence-electron chi connectivity index (χ3n) is 6.38. The van der Waals surface area contributed by atoms with E-state index in [1.807, 2.05) is 12.1 Å². The summed E-state index contributed by atoms with van der Waals surface area (Å²) in [5.41, 5.74) is 3.62. The predicted octanol–water partition coefficient (Wildman–Crippen LogP) is 3.81. The summed E-state index contributed by atoms with van der Waals surface area (Å²) in [6.07, 6.45) is 2.74. The Labute approximate surface area is 213 Å². The second-order valence-corrected chi connectivity index (χ2v) is 8.38. The van der Waals surface area contributed by atoms with Crippen molar-refractivity contribution in [3.05, 3.63) is 53.1 Å². The Morgan fingerprint density at radius 2 is 1.85 bits per heavy atom. The molecule has 4 rings (SSSR count). The van der Waals surface area contributed by atoms with Crippen molar-refractivity contribution < 1.29 is 18.9 Å². The number of aryl methyl sites for hydroxylation is 1. The zero-order valence-electron chi connectivity index (χ0n) is 19.6. The van der Waals surface area contributed by atoms with Crippen LogP contribution in [0.1, 0.15) is 29.5 Å². The van der Waals surface area contributed by atoms with Crippen molar-refractivity contribution in [3.8, 4) is 17.2 Å². The van der Waals surface area contributed by atoms with Gasteiger partial charge in [0, 0.05) is 38.8 Å². The fourth-order valence-corrected chi connectivity index (χ4v) is 4.45. The minimum atomic E-state index is -0.0450. The van der Waals surface area contributed by atoms with Crippen LogP contribution in [0.15, 0.2) is 41.4 Å². The lowest BCUT2D eigenvalue weighted by atomic mass is 9.74. The van der Waals surface area contributed by atoms with Gasteiger partial charge in [-0.1, -0.05) is 23.8 Å². The Kier molecular flexibility index (Phi) is 9.08. The highest BCUT2D eigenvalue weighted by atomic mass is 127. The molecule has 2 heterocycles. The van der Waals surface area contributed by atoms with E-state index in [9.17, 15) is 0 Å². The molecular formula is C25H34IN3O4. The van der Waals surface area contributed by atoms with Crippen molar-refractivity contribution >= 4 is 29.9 Å². The van der Waals surface area contributed by atoms with E-state index in [1.54, 1.807) is 14.2 Å². The molecule has 2 aromatic carbocycles. The van der Waals surface area contributed by atoms with Gasteiger partial charge >= 0.3 is 0 Å². The standard InChI is InChI=1S/C25H33N3O4.HI/c1-18-4-6-21(29-3)19(14-18)8-11-27-24(26-2)28-16-25(9-12-30-13-10-25)20-5-7-22-23(15-20)32-17-31-22;/h4-7,14-15H,8-13,16-17H2,1-3H3,(H2,26,27,28);1H. The third kappa shape index (κ3) is 6.03. The van der Waals surface area contributed by atoms with E-state index >= 15 is 0 Å². The highest BCUT2D eigenvalue weighted by Gasteiger charge is 2.35. The van der Waals surface area contributed by atoms with Crippen LogP contribution in [0.5, 0.6) is 17.2 Å². The molecule has 180 valence electrons. The number of nitrogens with zero attached hydrogens (tertiary/aromatic N) is 1. The molecule has 0 aromatic heterocycles. The fraction of sp³-hybridized carbons (Fsp3) is 0.480. The maximum absolute atomic E-state index is 5.68. The molecule has 2 aromatic rings. The van der Waals surface area contributed by atoms with Gasteiger partial charge in [0.25, 0.3) is 0 Å². The lowest BCUT2D eigenvalue weighted by molar-refractivity contribution is 0.0513. The van der Waals surface area contributed by atoms with Crippen LogP contribution >= 0.6 is 24.0 Å². The van der Waals surface area contributed by atoms with Crippen molar-refractivity contribution in [1.29, 1.82) is 0 Å². The molecule has 0 spiro atoms. The van der Waals surface area contributed by atoms with Crippen LogP contribution in [-0.2, 0) is 16.6 Å². The molecule has 0 aliphatic carbocycles. The van der Waals surface area contributed by atoms with Gasteiger partial charge in [-0.3, -0.25) is 4.99 Å². The van der Waals surface area contributed by atoms with Crippen LogP contribution in [0, 0.1) is 6.92 Å². The molecular weight excluding hydrogens is 533 g/mol. The number of halogens is 1. The smallest absolute Gasteiger partial charge is 0.231 e. The number of nitrogens with one attached hydrogen (secondary N) is 2. The Balaban J connectivity index is 0.00000306. The molecule has 7 nitrogen and oxygen atoms in total. The molecule has 0 unspecified atom stereocenters. The highest BCUT2D eigenvalue weighted by Crippen LogP contribution is 2.40. The Hall–Kier alpha value is -2.20. The number of methoxy groups -OCH3 is 1. The number of hydrogen-bond donors (Lipinski definition) is 2. The van der Waals surface area contributed by atoms with Crippen molar-refractivity contribution in [2.75, 3.05) is 47.3 Å². The molecule has 2 N–H and O–H groups in total. The van der Waals surface area contributed by atoms with Gasteiger partial charge in [0.05, 0.1) is 7.11 Å². The van der Waals surface area contributed by atoms with E-state index < -0.39 is 0 Å². The summed E-state index contributed by atoms with van der Waals surface area (Å²) in [7, 11) is 3.52. The van der Waals surface area contributed by atoms with Crippen molar-refractivity contribution in [2.24, 2.45) is 4.99 Å². The molecule has 0 atom stereocenters. The number of rotatable bonds is 7. The Morgan fingerprint density at radius 3 is 2.61 bits per heavy atom. The zero-order valence-corrected chi connectivity index (χ0v) is 21.9. The highest BCUT2D eigenvalue weighted by molar-refractivity contribution is 14.0. The Bertz CT molecular complexity index is 961. The summed E-state index contributed by atoms with van der Waals surface area (Å²) in [5.74, 6) is 3.35. The first kappa shape index (κ1) is 25.4. The fourth-order valence-electron chi connectivity index (χ4n) is 4.45. The summed E-state index contributed by atoms with van der Waals surface area (Å²) >= 11 is 0. The first-order valence-corrected chi connectivity index (χ1v) is 11.2. The summed E-state index contributed by atoms with van der Waals surface area (Å²) in [5, 5.41) is 7.00. The maximum atomic E-state index is 5.68. The normalized spacial score (nSPS) is 16.6. The van der Waals surface area contributed by atoms with Crippen molar-refractivity contribution in [2.45, 2.75) is 31.6 Å². The SMILES string of the molecule is CN=C(NCCc1cc(C)ccc1OC)NCC1(c2ccc3c(c2)OCO3)CCOCC1.I. The minimum Gasteiger partial charge on any atom is -0.496 e. The van der Waals surface area contributed by atoms with Crippen molar-refractivity contribution in [1.82, 2.24) is 10.6 Å². The van der Waals surface area contributed by atoms with Gasteiger partial charge in [-0.2, -0.15) is 0 Å². The largest absolute Gasteiger partial charge is 0.496 e. The van der Waals surface area contributed by atoms with Gasteiger partial charge in [-0.05, 0) is 55.5 Å². The predicted molar refractivity (Wildman–Crippen MR) is 141 cm³/mol. The lowest BCUT2D eigenvalue weighted by Crippen LogP contribution is -2.48. The van der Waals surface area contributed by atoms with E-state index in [1.165, 1.54) is 16.7 Å². The first-order chi connectivity index (χ1) is 15.6. The third-order valence-corrected chi connectivity index (χ3v) is 6.38. The molecule has 2 aliphatic heterocycles. The molecule has 0 bridgehead atoms. The molecule has 33 heavy (non-hydrogen) atoms. The lowest BCUT2D eigenvalue weighted by Gasteiger charge is -2.38. The van der Waals surface area contributed by atoms with Crippen LogP contribution in [0.25, 0.3) is 0 Å². The second kappa shape index (κ2) is 11.8. The van der Waals surface area contributed by atoms with Gasteiger partial charge in [-0.25, -0.2) is 0 Å². The zero-order chi connectivity index (χ0) is 22.4. The Morgan fingerprint density at radius 1 is 1.06 bits per heavy atom. The molecule has 1 fully saturated rings. The number of hydrogen-bond acceptors (Lipinski definition) is 5. The van der Waals surface area contributed by atoms with Crippen LogP contribution in [0.2, 0.25) is 0 Å². The minimum absolute atomic E-state index is 0. The number of ether oxygens (including phenoxy) is 4. The molecule has 1 saturated heterocycles. The molecule has 0 radical (unpaired) electrons. The average molecular weight is 567 g/mol. The quantitative estimate of drug-likeness (QED) is 0.302. The molecule has 8 heteroatoms. The van der Waals surface area contributed by atoms with Gasteiger partial charge in [0.1, 0.15) is 5.75 Å². The second-order valence-electron chi connectivity index (χ2n) is 8.38. The van der Waals surface area contributed by atoms with Gasteiger partial charge < -0.3 is 29.6 Å². The number of aliphatic imine (C=N–C) groups is 1. The van der Waals surface area contributed by atoms with Crippen LogP contribution in [0.4, 0.5) is 0 Å². The first-order valence-electron chi connectivity index (χ1n) is 11.2. The van der Waals surface area contributed by atoms with Crippen molar-refractivity contribution in [3.63, 3.8) is 0 Å². The van der Waals surface area contributed by atoms with Gasteiger partial charge in [-0.15, -0.1) is 24.0 Å². The van der Waals surface area contributed by atoms with E-state index in [2.05, 4.69) is 46.8 Å². The summed E-state index contributed by atoms with van der Waals surface area (Å²) in [6, 6.07) is 12.6. The van der Waals surface area contributed by atoms with E-state index in [4.69, 9.17) is 18.9 Å².